The Morgan fingerprint density at radius 1 is 1.36 bits per heavy atom. The van der Waals surface area contributed by atoms with Gasteiger partial charge in [-0.05, 0) is 61.9 Å². The van der Waals surface area contributed by atoms with E-state index in [1.807, 2.05) is 29.1 Å². The number of ether oxygens (including phenoxy) is 1. The molecular formula is C16H21BClNO3. The molecular weight excluding hydrogens is 300 g/mol. The molecule has 0 aliphatic carbocycles. The fraction of sp³-hybridized carbons (Fsp3) is 0.438. The van der Waals surface area contributed by atoms with Crippen molar-refractivity contribution >= 4 is 30.2 Å². The maximum atomic E-state index is 11.7. The lowest BCUT2D eigenvalue weighted by atomic mass is 9.78. The summed E-state index contributed by atoms with van der Waals surface area (Å²) >= 11 is 5.94. The molecule has 0 aromatic heterocycles. The van der Waals surface area contributed by atoms with E-state index in [2.05, 4.69) is 0 Å². The minimum Gasteiger partial charge on any atom is -0.466 e. The van der Waals surface area contributed by atoms with Crippen LogP contribution in [0.3, 0.4) is 0 Å². The van der Waals surface area contributed by atoms with Gasteiger partial charge in [0.2, 0.25) is 0 Å². The summed E-state index contributed by atoms with van der Waals surface area (Å²) in [6.45, 7) is 3.41. The number of carbonyl (C=O) groups is 1. The highest BCUT2D eigenvalue weighted by atomic mass is 35.5. The molecule has 0 bridgehead atoms. The molecule has 1 aromatic carbocycles. The van der Waals surface area contributed by atoms with Gasteiger partial charge in [-0.3, -0.25) is 0 Å². The molecule has 0 saturated carbocycles. The number of nitrogens with zero attached hydrogens (tertiary/aromatic N) is 1. The van der Waals surface area contributed by atoms with Crippen LogP contribution in [-0.4, -0.2) is 43.1 Å². The first kappa shape index (κ1) is 17.1. The second-order valence-corrected chi connectivity index (χ2v) is 6.01. The highest BCUT2D eigenvalue weighted by molar-refractivity contribution is 6.45. The number of esters is 1. The molecule has 0 amide bonds. The minimum absolute atomic E-state index is 0.273. The van der Waals surface area contributed by atoms with E-state index in [-0.39, 0.29) is 11.9 Å². The summed E-state index contributed by atoms with van der Waals surface area (Å²) in [4.78, 5) is 13.7. The lowest BCUT2D eigenvalue weighted by molar-refractivity contribution is -0.134. The van der Waals surface area contributed by atoms with E-state index in [1.165, 1.54) is 7.11 Å². The zero-order chi connectivity index (χ0) is 16.1. The average Bonchev–Trinajstić information content (AvgIpc) is 2.53. The number of methoxy groups -OCH3 is 1. The van der Waals surface area contributed by atoms with Crippen molar-refractivity contribution in [2.45, 2.75) is 19.7 Å². The van der Waals surface area contributed by atoms with Gasteiger partial charge >= 0.3 is 13.0 Å². The van der Waals surface area contributed by atoms with Crippen molar-refractivity contribution in [1.29, 1.82) is 0 Å². The number of rotatable bonds is 4. The van der Waals surface area contributed by atoms with E-state index in [1.54, 1.807) is 12.9 Å². The summed E-state index contributed by atoms with van der Waals surface area (Å²) in [7, 11) is 0.957. The number of benzene rings is 1. The minimum atomic E-state index is -0.426. The quantitative estimate of drug-likeness (QED) is 0.526. The van der Waals surface area contributed by atoms with Crippen LogP contribution in [0.4, 0.5) is 0 Å². The van der Waals surface area contributed by atoms with E-state index in [0.29, 0.717) is 5.02 Å². The molecule has 1 saturated heterocycles. The lowest BCUT2D eigenvalue weighted by Gasteiger charge is -2.33. The van der Waals surface area contributed by atoms with Crippen molar-refractivity contribution in [3.05, 3.63) is 40.9 Å². The lowest BCUT2D eigenvalue weighted by Crippen LogP contribution is -2.43. The van der Waals surface area contributed by atoms with Gasteiger partial charge in [0, 0.05) is 11.1 Å². The topological polar surface area (TPSA) is 49.8 Å². The Balaban J connectivity index is 2.21. The molecule has 1 aliphatic rings. The molecule has 0 atom stereocenters. The smallest absolute Gasteiger partial charge is 0.376 e. The third kappa shape index (κ3) is 4.35. The van der Waals surface area contributed by atoms with Gasteiger partial charge in [0.25, 0.3) is 0 Å². The summed E-state index contributed by atoms with van der Waals surface area (Å²) in [6.07, 6.45) is 3.37. The second kappa shape index (κ2) is 7.81. The van der Waals surface area contributed by atoms with Crippen LogP contribution in [0.25, 0.3) is 5.57 Å². The van der Waals surface area contributed by atoms with Crippen LogP contribution < -0.4 is 0 Å². The molecule has 1 N–H and O–H groups in total. The molecule has 0 radical (unpaired) electrons. The number of hydrogen-bond donors (Lipinski definition) is 1. The third-order valence-corrected chi connectivity index (χ3v) is 4.40. The zero-order valence-electron chi connectivity index (χ0n) is 13.0. The van der Waals surface area contributed by atoms with E-state index in [0.717, 1.165) is 37.1 Å². The largest absolute Gasteiger partial charge is 0.466 e. The normalized spacial score (nSPS) is 17.4. The van der Waals surface area contributed by atoms with Crippen molar-refractivity contribution in [2.75, 3.05) is 20.2 Å². The van der Waals surface area contributed by atoms with Crippen LogP contribution in [0.15, 0.2) is 30.3 Å². The van der Waals surface area contributed by atoms with Crippen molar-refractivity contribution in [3.8, 4) is 0 Å². The first-order valence-corrected chi connectivity index (χ1v) is 7.86. The van der Waals surface area contributed by atoms with Gasteiger partial charge in [-0.25, -0.2) is 4.79 Å². The number of carbonyl (C=O) groups excluding carboxylic acids is 1. The molecule has 1 heterocycles. The number of hydrogen-bond acceptors (Lipinski definition) is 4. The Bertz CT molecular complexity index is 537. The van der Waals surface area contributed by atoms with E-state index < -0.39 is 7.05 Å². The van der Waals surface area contributed by atoms with Gasteiger partial charge in [0.05, 0.1) is 7.11 Å². The Morgan fingerprint density at radius 3 is 2.45 bits per heavy atom. The predicted octanol–water partition coefficient (Wildman–Crippen LogP) is 2.72. The molecule has 2 rings (SSSR count). The second-order valence-electron chi connectivity index (χ2n) is 5.57. The fourth-order valence-corrected chi connectivity index (χ4v) is 2.98. The SMILES string of the molecule is COC(=O)C=C(c1ccc(Cl)cc1)C1CCN(B(C)O)CC1. The standard InChI is InChI=1S/C16H21BClNO3/c1-17(21)19-9-7-13(8-10-19)15(11-16(20)22-2)12-3-5-14(18)6-4-12/h3-6,11,13,21H,7-10H2,1-2H3. The first-order chi connectivity index (χ1) is 10.5. The molecule has 1 fully saturated rings. The Morgan fingerprint density at radius 2 is 1.95 bits per heavy atom. The van der Waals surface area contributed by atoms with E-state index >= 15 is 0 Å². The Labute approximate surface area is 136 Å². The third-order valence-electron chi connectivity index (χ3n) is 4.15. The molecule has 6 heteroatoms. The molecule has 118 valence electrons. The molecule has 22 heavy (non-hydrogen) atoms. The molecule has 4 nitrogen and oxygen atoms in total. The monoisotopic (exact) mass is 321 g/mol. The van der Waals surface area contributed by atoms with Crippen LogP contribution in [0.5, 0.6) is 0 Å². The molecule has 1 aromatic rings. The number of halogens is 1. The van der Waals surface area contributed by atoms with Gasteiger partial charge < -0.3 is 14.6 Å². The van der Waals surface area contributed by atoms with Crippen LogP contribution in [0, 0.1) is 5.92 Å². The maximum absolute atomic E-state index is 11.7. The predicted molar refractivity (Wildman–Crippen MR) is 89.6 cm³/mol. The van der Waals surface area contributed by atoms with Gasteiger partial charge in [-0.1, -0.05) is 23.7 Å². The maximum Gasteiger partial charge on any atom is 0.376 e. The Hall–Kier alpha value is -1.30. The summed E-state index contributed by atoms with van der Waals surface area (Å²) in [5, 5.41) is 10.3. The van der Waals surface area contributed by atoms with Crippen molar-refractivity contribution in [1.82, 2.24) is 4.81 Å². The first-order valence-electron chi connectivity index (χ1n) is 7.49. The van der Waals surface area contributed by atoms with E-state index in [9.17, 15) is 9.82 Å². The molecule has 0 spiro atoms. The molecule has 1 aliphatic heterocycles. The fourth-order valence-electron chi connectivity index (χ4n) is 2.85. The van der Waals surface area contributed by atoms with Gasteiger partial charge in [-0.2, -0.15) is 0 Å². The average molecular weight is 322 g/mol. The highest BCUT2D eigenvalue weighted by Crippen LogP contribution is 2.32. The van der Waals surface area contributed by atoms with Crippen molar-refractivity contribution in [3.63, 3.8) is 0 Å². The van der Waals surface area contributed by atoms with E-state index in [4.69, 9.17) is 16.3 Å². The van der Waals surface area contributed by atoms with Crippen molar-refractivity contribution < 1.29 is 14.6 Å². The summed E-state index contributed by atoms with van der Waals surface area (Å²) < 4.78 is 4.78. The summed E-state index contributed by atoms with van der Waals surface area (Å²) in [5.41, 5.74) is 1.97. The van der Waals surface area contributed by atoms with Crippen LogP contribution in [0.2, 0.25) is 11.8 Å². The Kier molecular flexibility index (Phi) is 6.06. The summed E-state index contributed by atoms with van der Waals surface area (Å²) in [6, 6.07) is 7.51. The van der Waals surface area contributed by atoms with Crippen LogP contribution in [-0.2, 0) is 9.53 Å². The zero-order valence-corrected chi connectivity index (χ0v) is 13.7. The van der Waals surface area contributed by atoms with Crippen LogP contribution >= 0.6 is 11.6 Å². The number of piperidine rings is 1. The van der Waals surface area contributed by atoms with Gasteiger partial charge in [-0.15, -0.1) is 0 Å². The number of allylic oxidation sites excluding steroid dienone is 1. The summed E-state index contributed by atoms with van der Waals surface area (Å²) in [5.74, 6) is -0.0711. The van der Waals surface area contributed by atoms with Gasteiger partial charge in [0.1, 0.15) is 0 Å². The molecule has 0 unspecified atom stereocenters. The van der Waals surface area contributed by atoms with Crippen molar-refractivity contribution in [2.24, 2.45) is 5.92 Å². The highest BCUT2D eigenvalue weighted by Gasteiger charge is 2.27. The van der Waals surface area contributed by atoms with Gasteiger partial charge in [0.15, 0.2) is 0 Å². The van der Waals surface area contributed by atoms with Crippen LogP contribution in [0.1, 0.15) is 18.4 Å².